The maximum Gasteiger partial charge on any atom is 0.153 e. The second-order valence-corrected chi connectivity index (χ2v) is 6.43. The average Bonchev–Trinajstić information content (AvgIpc) is 2.53. The van der Waals surface area contributed by atoms with E-state index in [1.54, 1.807) is 6.07 Å². The van der Waals surface area contributed by atoms with E-state index in [0.29, 0.717) is 41.4 Å². The summed E-state index contributed by atoms with van der Waals surface area (Å²) in [5.74, 6) is 2.15. The van der Waals surface area contributed by atoms with Crippen LogP contribution in [0.25, 0.3) is 0 Å². The highest BCUT2D eigenvalue weighted by Crippen LogP contribution is 2.27. The van der Waals surface area contributed by atoms with Gasteiger partial charge in [-0.15, -0.1) is 0 Å². The lowest BCUT2D eigenvalue weighted by Crippen LogP contribution is -2.07. The molecule has 0 radical (unpaired) electrons. The Hall–Kier alpha value is -1.84. The zero-order chi connectivity index (χ0) is 17.2. The summed E-state index contributed by atoms with van der Waals surface area (Å²) in [5, 5.41) is 0. The Kier molecular flexibility index (Phi) is 8.38. The second-order valence-electron chi connectivity index (χ2n) is 6.43. The van der Waals surface area contributed by atoms with Gasteiger partial charge in [-0.1, -0.05) is 40.0 Å². The molecular formula is C19H28O4. The molecule has 128 valence electrons. The number of hydrogen-bond donors (Lipinski definition) is 0. The molecule has 0 N–H and O–H groups in total. The summed E-state index contributed by atoms with van der Waals surface area (Å²) in [6.45, 7) is 7.23. The highest BCUT2D eigenvalue weighted by molar-refractivity contribution is 5.87. The van der Waals surface area contributed by atoms with Crippen LogP contribution in [0.4, 0.5) is 0 Å². The third kappa shape index (κ3) is 6.43. The molecule has 1 aromatic rings. The smallest absolute Gasteiger partial charge is 0.153 e. The van der Waals surface area contributed by atoms with Crippen LogP contribution in [0.5, 0.6) is 11.5 Å². The predicted molar refractivity (Wildman–Crippen MR) is 91.7 cm³/mol. The molecule has 1 aromatic carbocycles. The lowest BCUT2D eigenvalue weighted by molar-refractivity contribution is 0.110. The molecule has 0 bridgehead atoms. The third-order valence-electron chi connectivity index (χ3n) is 3.96. The van der Waals surface area contributed by atoms with Crippen molar-refractivity contribution >= 4 is 12.6 Å². The van der Waals surface area contributed by atoms with Gasteiger partial charge in [0, 0.05) is 0 Å². The number of aldehydes is 2. The summed E-state index contributed by atoms with van der Waals surface area (Å²) in [7, 11) is 1.47. The molecule has 0 spiro atoms. The number of carbonyl (C=O) groups is 2. The zero-order valence-electron chi connectivity index (χ0n) is 14.6. The summed E-state index contributed by atoms with van der Waals surface area (Å²) < 4.78 is 10.8. The average molecular weight is 320 g/mol. The third-order valence-corrected chi connectivity index (χ3v) is 3.96. The second kappa shape index (κ2) is 10.0. The van der Waals surface area contributed by atoms with Gasteiger partial charge in [-0.2, -0.15) is 0 Å². The van der Waals surface area contributed by atoms with Crippen molar-refractivity contribution in [2.45, 2.75) is 46.5 Å². The van der Waals surface area contributed by atoms with Crippen molar-refractivity contribution in [1.29, 1.82) is 0 Å². The van der Waals surface area contributed by atoms with Gasteiger partial charge in [0.25, 0.3) is 0 Å². The number of hydrogen-bond acceptors (Lipinski definition) is 4. The maximum absolute atomic E-state index is 11.2. The van der Waals surface area contributed by atoms with E-state index in [2.05, 4.69) is 20.8 Å². The first-order valence-corrected chi connectivity index (χ1v) is 8.27. The van der Waals surface area contributed by atoms with Crippen molar-refractivity contribution in [3.05, 3.63) is 23.3 Å². The first-order chi connectivity index (χ1) is 11.0. The van der Waals surface area contributed by atoms with Gasteiger partial charge in [-0.05, 0) is 30.4 Å². The monoisotopic (exact) mass is 320 g/mol. The van der Waals surface area contributed by atoms with Crippen LogP contribution in [0.2, 0.25) is 0 Å². The van der Waals surface area contributed by atoms with Crippen LogP contribution in [-0.4, -0.2) is 26.3 Å². The Morgan fingerprint density at radius 3 is 2.13 bits per heavy atom. The maximum atomic E-state index is 11.2. The van der Waals surface area contributed by atoms with Gasteiger partial charge in [0.2, 0.25) is 0 Å². The minimum Gasteiger partial charge on any atom is -0.496 e. The van der Waals surface area contributed by atoms with Gasteiger partial charge in [0.15, 0.2) is 12.6 Å². The number of benzene rings is 1. The van der Waals surface area contributed by atoms with Crippen molar-refractivity contribution in [3.63, 3.8) is 0 Å². The van der Waals surface area contributed by atoms with Crippen LogP contribution < -0.4 is 9.47 Å². The van der Waals surface area contributed by atoms with Gasteiger partial charge < -0.3 is 9.47 Å². The van der Waals surface area contributed by atoms with Gasteiger partial charge in [-0.3, -0.25) is 9.59 Å². The highest BCUT2D eigenvalue weighted by atomic mass is 16.5. The van der Waals surface area contributed by atoms with Crippen molar-refractivity contribution < 1.29 is 19.1 Å². The van der Waals surface area contributed by atoms with Crippen LogP contribution >= 0.6 is 0 Å². The van der Waals surface area contributed by atoms with E-state index >= 15 is 0 Å². The Morgan fingerprint density at radius 1 is 0.957 bits per heavy atom. The van der Waals surface area contributed by atoms with E-state index in [9.17, 15) is 9.59 Å². The number of carbonyl (C=O) groups excluding carboxylic acids is 2. The van der Waals surface area contributed by atoms with Crippen LogP contribution in [-0.2, 0) is 0 Å². The summed E-state index contributed by atoms with van der Waals surface area (Å²) in [6, 6.07) is 3.11. The minimum absolute atomic E-state index is 0.386. The molecule has 0 aromatic heterocycles. The Labute approximate surface area is 139 Å². The molecule has 0 saturated carbocycles. The van der Waals surface area contributed by atoms with Crippen LogP contribution in [0, 0.1) is 11.8 Å². The van der Waals surface area contributed by atoms with Crippen LogP contribution in [0.15, 0.2) is 12.1 Å². The van der Waals surface area contributed by atoms with E-state index < -0.39 is 0 Å². The molecule has 0 aliphatic carbocycles. The van der Waals surface area contributed by atoms with E-state index in [1.807, 2.05) is 0 Å². The van der Waals surface area contributed by atoms with Gasteiger partial charge in [-0.25, -0.2) is 0 Å². The summed E-state index contributed by atoms with van der Waals surface area (Å²) in [4.78, 5) is 22.2. The van der Waals surface area contributed by atoms with Gasteiger partial charge in [0.05, 0.1) is 24.8 Å². The summed E-state index contributed by atoms with van der Waals surface area (Å²) in [6.07, 6.45) is 6.02. The number of ether oxygens (including phenoxy) is 2. The van der Waals surface area contributed by atoms with Crippen LogP contribution in [0.3, 0.4) is 0 Å². The molecule has 23 heavy (non-hydrogen) atoms. The quantitative estimate of drug-likeness (QED) is 0.561. The molecule has 1 rings (SSSR count). The molecule has 4 heteroatoms. The fourth-order valence-corrected chi connectivity index (χ4v) is 2.47. The lowest BCUT2D eigenvalue weighted by Gasteiger charge is -2.15. The first kappa shape index (κ1) is 19.2. The summed E-state index contributed by atoms with van der Waals surface area (Å²) >= 11 is 0. The first-order valence-electron chi connectivity index (χ1n) is 8.27. The Bertz CT molecular complexity index is 508. The van der Waals surface area contributed by atoms with Crippen molar-refractivity contribution in [2.24, 2.45) is 11.8 Å². The fourth-order valence-electron chi connectivity index (χ4n) is 2.47. The molecule has 0 heterocycles. The van der Waals surface area contributed by atoms with Crippen molar-refractivity contribution in [1.82, 2.24) is 0 Å². The minimum atomic E-state index is 0.386. The summed E-state index contributed by atoms with van der Waals surface area (Å²) in [5.41, 5.74) is 0.790. The molecule has 0 fully saturated rings. The highest BCUT2D eigenvalue weighted by Gasteiger charge is 2.11. The molecule has 0 aliphatic rings. The zero-order valence-corrected chi connectivity index (χ0v) is 14.6. The molecular weight excluding hydrogens is 292 g/mol. The molecule has 0 aliphatic heterocycles. The fraction of sp³-hybridized carbons (Fsp3) is 0.579. The van der Waals surface area contributed by atoms with E-state index in [1.165, 1.54) is 32.4 Å². The molecule has 1 atom stereocenters. The SMILES string of the molecule is COc1cc(C=O)c(OCC[C@H](C)CCCC(C)C)cc1C=O. The Morgan fingerprint density at radius 2 is 1.57 bits per heavy atom. The van der Waals surface area contributed by atoms with E-state index in [4.69, 9.17) is 9.47 Å². The van der Waals surface area contributed by atoms with Gasteiger partial charge in [0.1, 0.15) is 11.5 Å². The standard InChI is InChI=1S/C19H28O4/c1-14(2)6-5-7-15(3)8-9-23-19-11-16(12-20)18(22-4)10-17(19)13-21/h10-15H,5-9H2,1-4H3/t15-/m1/s1. The normalized spacial score (nSPS) is 12.0. The van der Waals surface area contributed by atoms with Crippen molar-refractivity contribution in [2.75, 3.05) is 13.7 Å². The van der Waals surface area contributed by atoms with Crippen LogP contribution in [0.1, 0.15) is 67.2 Å². The lowest BCUT2D eigenvalue weighted by atomic mass is 9.98. The topological polar surface area (TPSA) is 52.6 Å². The molecule has 4 nitrogen and oxygen atoms in total. The number of methoxy groups -OCH3 is 1. The van der Waals surface area contributed by atoms with Crippen molar-refractivity contribution in [3.8, 4) is 11.5 Å². The van der Waals surface area contributed by atoms with Gasteiger partial charge >= 0.3 is 0 Å². The van der Waals surface area contributed by atoms with E-state index in [0.717, 1.165) is 18.6 Å². The molecule has 0 amide bonds. The molecule has 0 unspecified atom stereocenters. The predicted octanol–water partition coefficient (Wildman–Crippen LogP) is 4.55. The Balaban J connectivity index is 2.56. The largest absolute Gasteiger partial charge is 0.496 e. The molecule has 0 saturated heterocycles. The number of rotatable bonds is 11. The van der Waals surface area contributed by atoms with E-state index in [-0.39, 0.29) is 0 Å².